The zero-order valence-electron chi connectivity index (χ0n) is 15.2. The number of benzene rings is 1. The third kappa shape index (κ3) is 5.98. The summed E-state index contributed by atoms with van der Waals surface area (Å²) in [5.41, 5.74) is -1.74. The summed E-state index contributed by atoms with van der Waals surface area (Å²) in [7, 11) is -4.91. The lowest BCUT2D eigenvalue weighted by Gasteiger charge is -2.33. The van der Waals surface area contributed by atoms with Crippen molar-refractivity contribution in [3.63, 3.8) is 0 Å². The van der Waals surface area contributed by atoms with Gasteiger partial charge in [-0.1, -0.05) is 6.07 Å². The van der Waals surface area contributed by atoms with Crippen LogP contribution in [-0.4, -0.2) is 75.2 Å². The highest BCUT2D eigenvalue weighted by Crippen LogP contribution is 2.34. The molecule has 0 fully saturated rings. The van der Waals surface area contributed by atoms with Gasteiger partial charge in [-0.05, 0) is 26.0 Å². The van der Waals surface area contributed by atoms with Gasteiger partial charge in [0.1, 0.15) is 11.9 Å². The summed E-state index contributed by atoms with van der Waals surface area (Å²) in [5.74, 6) is 0. The van der Waals surface area contributed by atoms with E-state index in [4.69, 9.17) is 10.2 Å². The number of carbonyl (C=O) groups is 2. The molecule has 0 saturated heterocycles. The van der Waals surface area contributed by atoms with E-state index >= 15 is 0 Å². The molecule has 29 heavy (non-hydrogen) atoms. The molecular formula is C14H20N4O10S. The minimum atomic E-state index is -4.91. The average molecular weight is 436 g/mol. The van der Waals surface area contributed by atoms with Crippen LogP contribution in [0.3, 0.4) is 0 Å². The fourth-order valence-corrected chi connectivity index (χ4v) is 4.31. The van der Waals surface area contributed by atoms with Crippen molar-refractivity contribution in [3.05, 3.63) is 28.3 Å². The first kappa shape index (κ1) is 24.0. The van der Waals surface area contributed by atoms with Crippen LogP contribution in [0.25, 0.3) is 0 Å². The quantitative estimate of drug-likeness (QED) is 0.173. The van der Waals surface area contributed by atoms with Crippen molar-refractivity contribution in [1.82, 2.24) is 9.62 Å². The zero-order valence-corrected chi connectivity index (χ0v) is 16.0. The zero-order chi connectivity index (χ0) is 22.5. The molecule has 0 spiro atoms. The molecule has 2 amide bonds. The third-order valence-electron chi connectivity index (χ3n) is 3.49. The molecule has 0 aromatic heterocycles. The maximum Gasteiger partial charge on any atom is 0.409 e. The molecule has 0 aliphatic rings. The Morgan fingerprint density at radius 3 is 2.21 bits per heavy atom. The van der Waals surface area contributed by atoms with Crippen molar-refractivity contribution in [2.45, 2.75) is 37.1 Å². The second kappa shape index (κ2) is 9.46. The molecule has 0 radical (unpaired) electrons. The predicted octanol–water partition coefficient (Wildman–Crippen LogP) is 0.0307. The lowest BCUT2D eigenvalue weighted by atomic mass is 10.2. The molecule has 15 heteroatoms. The highest BCUT2D eigenvalue weighted by molar-refractivity contribution is 7.89. The number of aliphatic hydroxyl groups excluding tert-OH is 2. The van der Waals surface area contributed by atoms with Crippen LogP contribution >= 0.6 is 0 Å². The monoisotopic (exact) mass is 436 g/mol. The van der Waals surface area contributed by atoms with Crippen LogP contribution < -0.4 is 10.6 Å². The summed E-state index contributed by atoms with van der Waals surface area (Å²) in [4.78, 5) is 31.3. The molecule has 0 heterocycles. The SMILES string of the molecule is CC(O)CN(C(NC(=O)O)[C@H](C)O)S(=O)(=O)c1cccc(NC(=O)O)c1[N+](=O)[O-]. The average Bonchev–Trinajstić information content (AvgIpc) is 2.56. The Morgan fingerprint density at radius 1 is 1.21 bits per heavy atom. The van der Waals surface area contributed by atoms with Crippen molar-refractivity contribution in [3.8, 4) is 0 Å². The largest absolute Gasteiger partial charge is 0.465 e. The number of hydrogen-bond donors (Lipinski definition) is 6. The summed E-state index contributed by atoms with van der Waals surface area (Å²) in [6.45, 7) is 1.52. The summed E-state index contributed by atoms with van der Waals surface area (Å²) in [6, 6.07) is 2.81. The number of aliphatic hydroxyl groups is 2. The van der Waals surface area contributed by atoms with Crippen LogP contribution in [0.1, 0.15) is 13.8 Å². The van der Waals surface area contributed by atoms with Crippen LogP contribution in [0, 0.1) is 10.1 Å². The Bertz CT molecular complexity index is 886. The highest BCUT2D eigenvalue weighted by Gasteiger charge is 2.40. The van der Waals surface area contributed by atoms with Gasteiger partial charge in [0.2, 0.25) is 0 Å². The second-order valence-electron chi connectivity index (χ2n) is 5.90. The molecule has 1 aromatic carbocycles. The van der Waals surface area contributed by atoms with Gasteiger partial charge in [0.05, 0.1) is 17.1 Å². The van der Waals surface area contributed by atoms with Crippen LogP contribution in [0.4, 0.5) is 21.0 Å². The van der Waals surface area contributed by atoms with Gasteiger partial charge in [0, 0.05) is 6.54 Å². The molecule has 0 saturated carbocycles. The lowest BCUT2D eigenvalue weighted by Crippen LogP contribution is -2.57. The second-order valence-corrected chi connectivity index (χ2v) is 7.76. The van der Waals surface area contributed by atoms with Gasteiger partial charge in [-0.2, -0.15) is 4.31 Å². The first-order chi connectivity index (χ1) is 13.3. The van der Waals surface area contributed by atoms with E-state index in [2.05, 4.69) is 0 Å². The van der Waals surface area contributed by atoms with Gasteiger partial charge in [-0.25, -0.2) is 18.0 Å². The number of carboxylic acid groups (broad SMARTS) is 2. The number of amides is 2. The predicted molar refractivity (Wildman–Crippen MR) is 96.9 cm³/mol. The normalized spacial score (nSPS) is 14.7. The molecule has 1 rings (SSSR count). The first-order valence-corrected chi connectivity index (χ1v) is 9.37. The van der Waals surface area contributed by atoms with Crippen LogP contribution in [-0.2, 0) is 10.0 Å². The van der Waals surface area contributed by atoms with Crippen molar-refractivity contribution < 1.29 is 43.4 Å². The van der Waals surface area contributed by atoms with Gasteiger partial charge in [0.15, 0.2) is 4.90 Å². The molecule has 3 atom stereocenters. The highest BCUT2D eigenvalue weighted by atomic mass is 32.2. The molecule has 162 valence electrons. The fraction of sp³-hybridized carbons (Fsp3) is 0.429. The summed E-state index contributed by atoms with van der Waals surface area (Å²) < 4.78 is 26.6. The van der Waals surface area contributed by atoms with Crippen molar-refractivity contribution in [2.75, 3.05) is 11.9 Å². The Labute approximate surface area is 164 Å². The Hall–Kier alpha value is -3.01. The number of nitro groups is 1. The summed E-state index contributed by atoms with van der Waals surface area (Å²) >= 11 is 0. The number of hydrogen-bond acceptors (Lipinski definition) is 8. The van der Waals surface area contributed by atoms with Crippen LogP contribution in [0.2, 0.25) is 0 Å². The van der Waals surface area contributed by atoms with Gasteiger partial charge in [-0.3, -0.25) is 15.4 Å². The van der Waals surface area contributed by atoms with Gasteiger partial charge >= 0.3 is 17.9 Å². The number of sulfonamides is 1. The molecule has 0 bridgehead atoms. The van der Waals surface area contributed by atoms with Crippen molar-refractivity contribution >= 4 is 33.6 Å². The van der Waals surface area contributed by atoms with E-state index in [1.165, 1.54) is 6.92 Å². The Morgan fingerprint density at radius 2 is 1.79 bits per heavy atom. The van der Waals surface area contributed by atoms with E-state index in [-0.39, 0.29) is 0 Å². The molecular weight excluding hydrogens is 416 g/mol. The first-order valence-electron chi connectivity index (χ1n) is 7.93. The number of para-hydroxylation sites is 1. The molecule has 0 aliphatic heterocycles. The minimum absolute atomic E-state index is 0.351. The number of rotatable bonds is 9. The Kier molecular flexibility index (Phi) is 7.84. The van der Waals surface area contributed by atoms with E-state index in [0.29, 0.717) is 4.31 Å². The molecule has 0 aliphatic carbocycles. The molecule has 6 N–H and O–H groups in total. The Balaban J connectivity index is 3.72. The maximum absolute atomic E-state index is 13.1. The van der Waals surface area contributed by atoms with Crippen LogP contribution in [0.15, 0.2) is 23.1 Å². The summed E-state index contributed by atoms with van der Waals surface area (Å²) in [5, 5.41) is 52.3. The van der Waals surface area contributed by atoms with Gasteiger partial charge in [0.25, 0.3) is 10.0 Å². The number of anilines is 1. The van der Waals surface area contributed by atoms with E-state index in [1.807, 2.05) is 0 Å². The number of nitrogens with one attached hydrogen (secondary N) is 2. The van der Waals surface area contributed by atoms with E-state index in [9.17, 15) is 38.3 Å². The van der Waals surface area contributed by atoms with Gasteiger partial charge in [-0.15, -0.1) is 0 Å². The molecule has 1 aromatic rings. The summed E-state index contributed by atoms with van der Waals surface area (Å²) in [6.07, 6.45) is -8.14. The number of nitro benzene ring substituents is 1. The van der Waals surface area contributed by atoms with Crippen molar-refractivity contribution in [2.24, 2.45) is 0 Å². The molecule has 2 unspecified atom stereocenters. The smallest absolute Gasteiger partial charge is 0.409 e. The number of nitrogens with zero attached hydrogens (tertiary/aromatic N) is 2. The van der Waals surface area contributed by atoms with Gasteiger partial charge < -0.3 is 25.7 Å². The van der Waals surface area contributed by atoms with E-state index in [1.54, 1.807) is 10.6 Å². The third-order valence-corrected chi connectivity index (χ3v) is 5.37. The fourth-order valence-electron chi connectivity index (χ4n) is 2.44. The van der Waals surface area contributed by atoms with Crippen molar-refractivity contribution in [1.29, 1.82) is 0 Å². The minimum Gasteiger partial charge on any atom is -0.465 e. The van der Waals surface area contributed by atoms with E-state index < -0.39 is 68.3 Å². The molecule has 14 nitrogen and oxygen atoms in total. The maximum atomic E-state index is 13.1. The lowest BCUT2D eigenvalue weighted by molar-refractivity contribution is -0.386. The standard InChI is InChI=1S/C14H20N4O10S/c1-7(19)6-17(12(8(2)20)16-14(23)24)29(27,28)10-5-3-4-9(15-13(21)22)11(10)18(25)26/h3-5,7-8,12,15-16,19-20H,6H2,1-2H3,(H,21,22)(H,23,24)/t7?,8-,12?/m0/s1. The van der Waals surface area contributed by atoms with E-state index in [0.717, 1.165) is 25.1 Å². The topological polar surface area (TPSA) is 220 Å². The van der Waals surface area contributed by atoms with Crippen LogP contribution in [0.5, 0.6) is 0 Å².